The lowest BCUT2D eigenvalue weighted by Crippen LogP contribution is -2.37. The number of nitro groups is 1. The van der Waals surface area contributed by atoms with Gasteiger partial charge in [-0.2, -0.15) is 4.39 Å². The lowest BCUT2D eigenvalue weighted by molar-refractivity contribution is -0.386. The van der Waals surface area contributed by atoms with Gasteiger partial charge in [0.15, 0.2) is 0 Å². The number of rotatable bonds is 4. The van der Waals surface area contributed by atoms with Gasteiger partial charge < -0.3 is 10.2 Å². The molecular formula is C12H15F2N3O2. The second kappa shape index (κ2) is 5.48. The predicted octanol–water partition coefficient (Wildman–Crippen LogP) is 2.06. The van der Waals surface area contributed by atoms with Gasteiger partial charge in [0.1, 0.15) is 11.5 Å². The molecule has 1 aliphatic rings. The van der Waals surface area contributed by atoms with Crippen molar-refractivity contribution < 1.29 is 13.7 Å². The third kappa shape index (κ3) is 2.65. The van der Waals surface area contributed by atoms with E-state index in [1.54, 1.807) is 4.90 Å². The summed E-state index contributed by atoms with van der Waals surface area (Å²) in [5.41, 5.74) is -0.645. The van der Waals surface area contributed by atoms with E-state index in [1.807, 2.05) is 6.92 Å². The third-order valence-corrected chi connectivity index (χ3v) is 3.32. The number of hydrogen-bond donors (Lipinski definition) is 1. The number of halogens is 2. The molecule has 0 aliphatic carbocycles. The molecule has 5 nitrogen and oxygen atoms in total. The fraction of sp³-hybridized carbons (Fsp3) is 0.500. The molecule has 2 rings (SSSR count). The third-order valence-electron chi connectivity index (χ3n) is 3.32. The number of anilines is 1. The van der Waals surface area contributed by atoms with E-state index in [1.165, 1.54) is 0 Å². The van der Waals surface area contributed by atoms with E-state index in [9.17, 15) is 18.9 Å². The van der Waals surface area contributed by atoms with Gasteiger partial charge >= 0.3 is 5.69 Å². The Morgan fingerprint density at radius 2 is 2.26 bits per heavy atom. The zero-order valence-electron chi connectivity index (χ0n) is 10.5. The second-order valence-electron chi connectivity index (χ2n) is 4.45. The minimum atomic E-state index is -1.13. The highest BCUT2D eigenvalue weighted by Crippen LogP contribution is 2.33. The first-order valence-corrected chi connectivity index (χ1v) is 6.15. The van der Waals surface area contributed by atoms with E-state index in [2.05, 4.69) is 5.32 Å². The van der Waals surface area contributed by atoms with Crippen LogP contribution in [0, 0.1) is 21.7 Å². The lowest BCUT2D eigenvalue weighted by atomic mass is 10.1. The Morgan fingerprint density at radius 3 is 2.79 bits per heavy atom. The molecule has 19 heavy (non-hydrogen) atoms. The quantitative estimate of drug-likeness (QED) is 0.672. The van der Waals surface area contributed by atoms with Crippen molar-refractivity contribution in [3.63, 3.8) is 0 Å². The van der Waals surface area contributed by atoms with Gasteiger partial charge in [0.25, 0.3) is 0 Å². The van der Waals surface area contributed by atoms with Gasteiger partial charge in [-0.05, 0) is 19.9 Å². The zero-order valence-corrected chi connectivity index (χ0v) is 10.5. The first-order valence-electron chi connectivity index (χ1n) is 6.15. The average molecular weight is 271 g/mol. The number of benzene rings is 1. The van der Waals surface area contributed by atoms with Gasteiger partial charge in [0.05, 0.1) is 4.92 Å². The highest BCUT2D eigenvalue weighted by molar-refractivity contribution is 5.64. The van der Waals surface area contributed by atoms with Crippen molar-refractivity contribution in [3.8, 4) is 0 Å². The van der Waals surface area contributed by atoms with E-state index in [0.29, 0.717) is 19.2 Å². The van der Waals surface area contributed by atoms with Crippen molar-refractivity contribution in [2.45, 2.75) is 19.4 Å². The van der Waals surface area contributed by atoms with Crippen molar-refractivity contribution in [3.05, 3.63) is 33.9 Å². The molecule has 1 unspecified atom stereocenters. The Hall–Kier alpha value is -1.76. The summed E-state index contributed by atoms with van der Waals surface area (Å²) in [5.74, 6) is -1.94. The SMILES string of the molecule is CCN(c1cc(F)cc(F)c1[N+](=O)[O-])C1CCNC1. The Bertz CT molecular complexity index is 490. The maximum Gasteiger partial charge on any atom is 0.328 e. The van der Waals surface area contributed by atoms with E-state index in [0.717, 1.165) is 19.0 Å². The Balaban J connectivity index is 2.48. The molecule has 0 amide bonds. The molecule has 104 valence electrons. The van der Waals surface area contributed by atoms with E-state index in [4.69, 9.17) is 0 Å². The fourth-order valence-electron chi connectivity index (χ4n) is 2.48. The summed E-state index contributed by atoms with van der Waals surface area (Å²) in [7, 11) is 0. The Labute approximate surface area is 109 Å². The molecular weight excluding hydrogens is 256 g/mol. The molecule has 0 spiro atoms. The smallest absolute Gasteiger partial charge is 0.328 e. The maximum absolute atomic E-state index is 13.6. The van der Waals surface area contributed by atoms with Crippen LogP contribution in [0.1, 0.15) is 13.3 Å². The average Bonchev–Trinajstić information content (AvgIpc) is 2.82. The van der Waals surface area contributed by atoms with Crippen LogP contribution in [0.3, 0.4) is 0 Å². The van der Waals surface area contributed by atoms with Crippen molar-refractivity contribution in [2.75, 3.05) is 24.5 Å². The Morgan fingerprint density at radius 1 is 1.53 bits per heavy atom. The molecule has 1 atom stereocenters. The highest BCUT2D eigenvalue weighted by atomic mass is 19.1. The minimum absolute atomic E-state index is 0.0127. The molecule has 1 aromatic rings. The number of nitro benzene ring substituents is 1. The molecule has 1 saturated heterocycles. The van der Waals surface area contributed by atoms with Crippen molar-refractivity contribution in [1.29, 1.82) is 0 Å². The van der Waals surface area contributed by atoms with Gasteiger partial charge in [-0.15, -0.1) is 0 Å². The summed E-state index contributed by atoms with van der Waals surface area (Å²) < 4.78 is 27.0. The van der Waals surface area contributed by atoms with Crippen LogP contribution in [0.15, 0.2) is 12.1 Å². The number of hydrogen-bond acceptors (Lipinski definition) is 4. The molecule has 0 radical (unpaired) electrons. The molecule has 0 bridgehead atoms. The highest BCUT2D eigenvalue weighted by Gasteiger charge is 2.30. The van der Waals surface area contributed by atoms with Gasteiger partial charge in [-0.1, -0.05) is 0 Å². The molecule has 0 aromatic heterocycles. The summed E-state index contributed by atoms with van der Waals surface area (Å²) >= 11 is 0. The summed E-state index contributed by atoms with van der Waals surface area (Å²) in [6.07, 6.45) is 0.795. The molecule has 1 N–H and O–H groups in total. The standard InChI is InChI=1S/C12H15F2N3O2/c1-2-16(9-3-4-15-7-9)11-6-8(13)5-10(14)12(11)17(18)19/h5-6,9,15H,2-4,7H2,1H3. The summed E-state index contributed by atoms with van der Waals surface area (Å²) in [4.78, 5) is 11.9. The van der Waals surface area contributed by atoms with Crippen molar-refractivity contribution >= 4 is 11.4 Å². The minimum Gasteiger partial charge on any atom is -0.362 e. The summed E-state index contributed by atoms with van der Waals surface area (Å²) in [5, 5.41) is 14.1. The van der Waals surface area contributed by atoms with Gasteiger partial charge in [-0.3, -0.25) is 10.1 Å². The van der Waals surface area contributed by atoms with Gasteiger partial charge in [0, 0.05) is 31.3 Å². The number of nitrogens with one attached hydrogen (secondary N) is 1. The van der Waals surface area contributed by atoms with Gasteiger partial charge in [0.2, 0.25) is 5.82 Å². The largest absolute Gasteiger partial charge is 0.362 e. The van der Waals surface area contributed by atoms with E-state index < -0.39 is 22.2 Å². The van der Waals surface area contributed by atoms with Crippen LogP contribution in [-0.4, -0.2) is 30.6 Å². The van der Waals surface area contributed by atoms with Crippen LogP contribution in [0.5, 0.6) is 0 Å². The molecule has 1 fully saturated rings. The first kappa shape index (κ1) is 13.7. The molecule has 1 heterocycles. The monoisotopic (exact) mass is 271 g/mol. The maximum atomic E-state index is 13.6. The second-order valence-corrected chi connectivity index (χ2v) is 4.45. The predicted molar refractivity (Wildman–Crippen MR) is 67.3 cm³/mol. The Kier molecular flexibility index (Phi) is 3.94. The van der Waals surface area contributed by atoms with Crippen LogP contribution in [-0.2, 0) is 0 Å². The van der Waals surface area contributed by atoms with Crippen LogP contribution in [0.2, 0.25) is 0 Å². The van der Waals surface area contributed by atoms with Crippen LogP contribution in [0.4, 0.5) is 20.2 Å². The molecule has 7 heteroatoms. The number of nitrogens with zero attached hydrogens (tertiary/aromatic N) is 2. The van der Waals surface area contributed by atoms with Gasteiger partial charge in [-0.25, -0.2) is 4.39 Å². The summed E-state index contributed by atoms with van der Waals surface area (Å²) in [6, 6.07) is 1.59. The molecule has 0 saturated carbocycles. The van der Waals surface area contributed by atoms with Crippen LogP contribution in [0.25, 0.3) is 0 Å². The summed E-state index contributed by atoms with van der Waals surface area (Å²) in [6.45, 7) is 3.72. The van der Waals surface area contributed by atoms with Crippen LogP contribution < -0.4 is 10.2 Å². The number of likely N-dealkylation sites (N-methyl/N-ethyl adjacent to an activating group) is 1. The first-order chi connectivity index (χ1) is 9.04. The molecule has 1 aromatic carbocycles. The van der Waals surface area contributed by atoms with E-state index in [-0.39, 0.29) is 11.7 Å². The lowest BCUT2D eigenvalue weighted by Gasteiger charge is -2.29. The normalized spacial score (nSPS) is 18.6. The van der Waals surface area contributed by atoms with E-state index >= 15 is 0 Å². The fourth-order valence-corrected chi connectivity index (χ4v) is 2.48. The zero-order chi connectivity index (χ0) is 14.0. The van der Waals surface area contributed by atoms with Crippen molar-refractivity contribution in [2.24, 2.45) is 0 Å². The van der Waals surface area contributed by atoms with Crippen molar-refractivity contribution in [1.82, 2.24) is 5.32 Å². The topological polar surface area (TPSA) is 58.4 Å². The molecule has 1 aliphatic heterocycles. The van der Waals surface area contributed by atoms with Crippen LogP contribution >= 0.6 is 0 Å².